The molecule has 2 amide bonds. The monoisotopic (exact) mass is 526 g/mol. The Hall–Kier alpha value is -2.91. The van der Waals surface area contributed by atoms with E-state index in [0.29, 0.717) is 38.9 Å². The molecule has 0 aromatic heterocycles. The van der Waals surface area contributed by atoms with E-state index in [-0.39, 0.29) is 17.2 Å². The molecule has 1 fully saturated rings. The van der Waals surface area contributed by atoms with Crippen LogP contribution in [-0.4, -0.2) is 62.6 Å². The zero-order valence-corrected chi connectivity index (χ0v) is 22.8. The lowest BCUT2D eigenvalue weighted by Gasteiger charge is -2.41. The molecule has 8 nitrogen and oxygen atoms in total. The van der Waals surface area contributed by atoms with Gasteiger partial charge >= 0.3 is 0 Å². The Morgan fingerprint density at radius 1 is 1.05 bits per heavy atom. The molecule has 0 unspecified atom stereocenters. The van der Waals surface area contributed by atoms with Crippen molar-refractivity contribution in [1.29, 1.82) is 0 Å². The van der Waals surface area contributed by atoms with Crippen molar-refractivity contribution in [2.24, 2.45) is 5.73 Å². The number of hydrogen-bond acceptors (Lipinski definition) is 5. The Labute approximate surface area is 220 Å². The summed E-state index contributed by atoms with van der Waals surface area (Å²) in [6.45, 7) is 4.66. The van der Waals surface area contributed by atoms with Crippen LogP contribution in [-0.2, 0) is 31.4 Å². The van der Waals surface area contributed by atoms with E-state index in [1.165, 1.54) is 16.1 Å². The summed E-state index contributed by atoms with van der Waals surface area (Å²) in [6.07, 6.45) is 4.64. The van der Waals surface area contributed by atoms with Crippen molar-refractivity contribution in [2.75, 3.05) is 30.2 Å². The fraction of sp³-hybridized carbons (Fsp3) is 0.500. The van der Waals surface area contributed by atoms with E-state index in [4.69, 9.17) is 5.73 Å². The minimum atomic E-state index is -3.40. The highest BCUT2D eigenvalue weighted by Gasteiger charge is 2.47. The normalized spacial score (nSPS) is 17.9. The zero-order chi connectivity index (χ0) is 26.8. The topological polar surface area (TPSA) is 113 Å². The first kappa shape index (κ1) is 27.1. The van der Waals surface area contributed by atoms with Crippen LogP contribution in [0, 0.1) is 0 Å². The number of amides is 2. The van der Waals surface area contributed by atoms with Gasteiger partial charge in [-0.2, -0.15) is 0 Å². The number of fused-ring (bicyclic) bond motifs is 2. The molecule has 2 aromatic rings. The third-order valence-corrected chi connectivity index (χ3v) is 8.74. The van der Waals surface area contributed by atoms with Crippen molar-refractivity contribution in [3.8, 4) is 0 Å². The van der Waals surface area contributed by atoms with Crippen LogP contribution in [0.2, 0.25) is 0 Å². The molecular formula is C28H38N4O4S. The van der Waals surface area contributed by atoms with Crippen molar-refractivity contribution in [2.45, 2.75) is 62.9 Å². The summed E-state index contributed by atoms with van der Waals surface area (Å²) in [5.74, 6) is -0.459. The van der Waals surface area contributed by atoms with Gasteiger partial charge < -0.3 is 16.0 Å². The minimum Gasteiger partial charge on any atom is -0.343 e. The highest BCUT2D eigenvalue weighted by molar-refractivity contribution is 7.92. The van der Waals surface area contributed by atoms with E-state index in [1.54, 1.807) is 13.8 Å². The molecule has 3 N–H and O–H groups in total. The number of sulfonamides is 1. The second kappa shape index (κ2) is 10.5. The molecule has 9 heteroatoms. The van der Waals surface area contributed by atoms with Gasteiger partial charge in [-0.05, 0) is 63.1 Å². The Morgan fingerprint density at radius 2 is 1.68 bits per heavy atom. The van der Waals surface area contributed by atoms with Crippen LogP contribution in [0.15, 0.2) is 54.6 Å². The van der Waals surface area contributed by atoms with Crippen LogP contribution in [0.3, 0.4) is 0 Å². The summed E-state index contributed by atoms with van der Waals surface area (Å²) in [4.78, 5) is 28.2. The third-order valence-electron chi connectivity index (χ3n) is 7.61. The number of para-hydroxylation sites is 1. The summed E-state index contributed by atoms with van der Waals surface area (Å²) in [5.41, 5.74) is 7.56. The number of carbonyl (C=O) groups is 2. The van der Waals surface area contributed by atoms with E-state index < -0.39 is 21.6 Å². The number of nitrogens with two attached hydrogens (primary N) is 1. The molecule has 2 aromatic carbocycles. The quantitative estimate of drug-likeness (QED) is 0.549. The average molecular weight is 527 g/mol. The zero-order valence-electron chi connectivity index (χ0n) is 21.9. The first-order chi connectivity index (χ1) is 17.4. The van der Waals surface area contributed by atoms with Crippen LogP contribution in [0.25, 0.3) is 0 Å². The number of aryl methyl sites for hydroxylation is 1. The molecule has 37 heavy (non-hydrogen) atoms. The van der Waals surface area contributed by atoms with E-state index in [1.807, 2.05) is 47.4 Å². The van der Waals surface area contributed by atoms with Gasteiger partial charge in [-0.15, -0.1) is 0 Å². The number of anilines is 1. The fourth-order valence-electron chi connectivity index (χ4n) is 5.44. The number of carbonyl (C=O) groups excluding carboxylic acids is 2. The lowest BCUT2D eigenvalue weighted by atomic mass is 9.74. The summed E-state index contributed by atoms with van der Waals surface area (Å²) in [7, 11) is -3.40. The van der Waals surface area contributed by atoms with Crippen LogP contribution in [0.4, 0.5) is 5.69 Å². The third kappa shape index (κ3) is 5.99. The van der Waals surface area contributed by atoms with Crippen LogP contribution in [0.5, 0.6) is 0 Å². The summed E-state index contributed by atoms with van der Waals surface area (Å²) >= 11 is 0. The van der Waals surface area contributed by atoms with Gasteiger partial charge in [0.1, 0.15) is 6.04 Å². The first-order valence-corrected chi connectivity index (χ1v) is 14.8. The van der Waals surface area contributed by atoms with Crippen LogP contribution < -0.4 is 15.4 Å². The molecule has 2 heterocycles. The van der Waals surface area contributed by atoms with Gasteiger partial charge in [0.15, 0.2) is 0 Å². The van der Waals surface area contributed by atoms with Gasteiger partial charge in [-0.1, -0.05) is 48.5 Å². The molecule has 200 valence electrons. The highest BCUT2D eigenvalue weighted by Crippen LogP contribution is 2.47. The maximum absolute atomic E-state index is 13.6. The Kier molecular flexibility index (Phi) is 7.67. The number of benzene rings is 2. The standard InChI is InChI=1S/C28H38N4O4S/c1-27(2,29)26(34)30-23(14-9-12-21-10-5-4-6-11-21)25(33)31-18-16-28(17-19-31)20-32(37(3,35)36)24-15-8-7-13-22(24)28/h4-8,10-11,13,15,23H,9,12,14,16-20,29H2,1-3H3,(H,30,34)/t23-/m1/s1. The molecule has 0 aliphatic carbocycles. The van der Waals surface area contributed by atoms with E-state index in [2.05, 4.69) is 17.4 Å². The fourth-order valence-corrected chi connectivity index (χ4v) is 6.44. The van der Waals surface area contributed by atoms with E-state index in [9.17, 15) is 18.0 Å². The average Bonchev–Trinajstić information content (AvgIpc) is 3.18. The van der Waals surface area contributed by atoms with Crippen molar-refractivity contribution in [1.82, 2.24) is 10.2 Å². The number of nitrogens with one attached hydrogen (secondary N) is 1. The summed E-state index contributed by atoms with van der Waals surface area (Å²) in [5, 5.41) is 2.90. The predicted octanol–water partition coefficient (Wildman–Crippen LogP) is 2.57. The molecule has 0 bridgehead atoms. The molecule has 2 aliphatic heterocycles. The molecule has 1 spiro atoms. The first-order valence-electron chi connectivity index (χ1n) is 12.9. The predicted molar refractivity (Wildman–Crippen MR) is 146 cm³/mol. The molecular weight excluding hydrogens is 488 g/mol. The lowest BCUT2D eigenvalue weighted by molar-refractivity contribution is -0.139. The highest BCUT2D eigenvalue weighted by atomic mass is 32.2. The van der Waals surface area contributed by atoms with E-state index >= 15 is 0 Å². The van der Waals surface area contributed by atoms with Gasteiger partial charge in [-0.25, -0.2) is 8.42 Å². The van der Waals surface area contributed by atoms with Crippen molar-refractivity contribution >= 4 is 27.5 Å². The Morgan fingerprint density at radius 3 is 2.30 bits per heavy atom. The SMILES string of the molecule is CC(C)(N)C(=O)N[C@H](CCCc1ccccc1)C(=O)N1CCC2(CC1)CN(S(C)(=O)=O)c1ccccc12. The largest absolute Gasteiger partial charge is 0.343 e. The van der Waals surface area contributed by atoms with Gasteiger partial charge in [0.05, 0.1) is 17.5 Å². The molecule has 1 atom stereocenters. The van der Waals surface area contributed by atoms with Gasteiger partial charge in [0.2, 0.25) is 21.8 Å². The van der Waals surface area contributed by atoms with E-state index in [0.717, 1.165) is 24.1 Å². The molecule has 2 aliphatic rings. The summed E-state index contributed by atoms with van der Waals surface area (Å²) < 4.78 is 26.5. The molecule has 1 saturated heterocycles. The maximum atomic E-state index is 13.6. The number of rotatable bonds is 8. The smallest absolute Gasteiger partial charge is 0.245 e. The van der Waals surface area contributed by atoms with Gasteiger partial charge in [0.25, 0.3) is 0 Å². The van der Waals surface area contributed by atoms with Crippen molar-refractivity contribution in [3.63, 3.8) is 0 Å². The minimum absolute atomic E-state index is 0.105. The number of piperidine rings is 1. The number of hydrogen-bond donors (Lipinski definition) is 2. The number of likely N-dealkylation sites (tertiary alicyclic amines) is 1. The molecule has 0 radical (unpaired) electrons. The molecule has 4 rings (SSSR count). The number of nitrogens with zero attached hydrogens (tertiary/aromatic N) is 2. The second-order valence-corrected chi connectivity index (χ2v) is 12.9. The summed E-state index contributed by atoms with van der Waals surface area (Å²) in [6, 6.07) is 17.1. The Balaban J connectivity index is 1.46. The van der Waals surface area contributed by atoms with Gasteiger partial charge in [0, 0.05) is 25.0 Å². The van der Waals surface area contributed by atoms with Crippen molar-refractivity contribution < 1.29 is 18.0 Å². The van der Waals surface area contributed by atoms with Crippen LogP contribution in [0.1, 0.15) is 50.7 Å². The van der Waals surface area contributed by atoms with Gasteiger partial charge in [-0.3, -0.25) is 13.9 Å². The van der Waals surface area contributed by atoms with Crippen LogP contribution >= 0.6 is 0 Å². The molecule has 0 saturated carbocycles. The van der Waals surface area contributed by atoms with Crippen molar-refractivity contribution in [3.05, 3.63) is 65.7 Å². The second-order valence-electron chi connectivity index (χ2n) is 11.0. The lowest BCUT2D eigenvalue weighted by Crippen LogP contribution is -2.58. The Bertz CT molecular complexity index is 1230. The maximum Gasteiger partial charge on any atom is 0.245 e.